The van der Waals surface area contributed by atoms with Crippen LogP contribution in [0.5, 0.6) is 0 Å². The highest BCUT2D eigenvalue weighted by molar-refractivity contribution is 6.43. The molecule has 2 bridgehead atoms. The zero-order valence-corrected chi connectivity index (χ0v) is 12.4. The van der Waals surface area contributed by atoms with Gasteiger partial charge in [0.05, 0.1) is 15.7 Å². The summed E-state index contributed by atoms with van der Waals surface area (Å²) in [7, 11) is 0. The molecule has 1 N–H and O–H groups in total. The summed E-state index contributed by atoms with van der Waals surface area (Å²) in [6.07, 6.45) is 7.15. The van der Waals surface area contributed by atoms with Gasteiger partial charge in [0.15, 0.2) is 0 Å². The van der Waals surface area contributed by atoms with Crippen LogP contribution in [0.25, 0.3) is 0 Å². The van der Waals surface area contributed by atoms with Crippen LogP contribution in [0.1, 0.15) is 32.1 Å². The van der Waals surface area contributed by atoms with Gasteiger partial charge in [-0.3, -0.25) is 0 Å². The summed E-state index contributed by atoms with van der Waals surface area (Å²) < 4.78 is 0. The van der Waals surface area contributed by atoms with Gasteiger partial charge in [-0.25, -0.2) is 0 Å². The van der Waals surface area contributed by atoms with Crippen molar-refractivity contribution in [1.82, 2.24) is 0 Å². The standard InChI is InChI=1S/C16H19Cl2N/c17-13-5-2-6-14(16(13)18)19-15-8-9-7-12(15)11-4-1-3-10(9)11/h2,5-6,9-12,15,19H,1,3-4,7-8H2. The van der Waals surface area contributed by atoms with Crippen molar-refractivity contribution in [2.75, 3.05) is 5.32 Å². The normalized spacial score (nSPS) is 39.6. The van der Waals surface area contributed by atoms with Gasteiger partial charge in [-0.1, -0.05) is 35.7 Å². The van der Waals surface area contributed by atoms with Crippen LogP contribution < -0.4 is 5.32 Å². The van der Waals surface area contributed by atoms with Crippen LogP contribution in [0.2, 0.25) is 10.0 Å². The molecule has 3 aliphatic rings. The molecule has 1 aromatic rings. The second-order valence-corrected chi connectivity index (χ2v) is 7.29. The average molecular weight is 296 g/mol. The Kier molecular flexibility index (Phi) is 2.97. The van der Waals surface area contributed by atoms with E-state index in [1.54, 1.807) is 0 Å². The average Bonchev–Trinajstić information content (AvgIpc) is 3.06. The van der Waals surface area contributed by atoms with Gasteiger partial charge in [0.25, 0.3) is 0 Å². The van der Waals surface area contributed by atoms with E-state index >= 15 is 0 Å². The number of halogens is 2. The molecule has 4 rings (SSSR count). The lowest BCUT2D eigenvalue weighted by Crippen LogP contribution is -2.33. The maximum Gasteiger partial charge on any atom is 0.0823 e. The lowest BCUT2D eigenvalue weighted by molar-refractivity contribution is 0.243. The quantitative estimate of drug-likeness (QED) is 0.788. The zero-order valence-electron chi connectivity index (χ0n) is 10.9. The fraction of sp³-hybridized carbons (Fsp3) is 0.625. The van der Waals surface area contributed by atoms with Crippen molar-refractivity contribution in [3.05, 3.63) is 28.2 Å². The summed E-state index contributed by atoms with van der Waals surface area (Å²) >= 11 is 12.4. The molecule has 0 aliphatic heterocycles. The molecule has 3 heteroatoms. The third-order valence-corrected chi connectivity index (χ3v) is 6.54. The first kappa shape index (κ1) is 12.3. The Morgan fingerprint density at radius 1 is 1.00 bits per heavy atom. The van der Waals surface area contributed by atoms with Crippen molar-refractivity contribution < 1.29 is 0 Å². The molecule has 0 aromatic heterocycles. The van der Waals surface area contributed by atoms with Crippen LogP contribution in [-0.4, -0.2) is 6.04 Å². The molecule has 0 saturated heterocycles. The molecule has 0 spiro atoms. The fourth-order valence-corrected chi connectivity index (χ4v) is 5.40. The van der Waals surface area contributed by atoms with Gasteiger partial charge >= 0.3 is 0 Å². The molecule has 0 radical (unpaired) electrons. The predicted octanol–water partition coefficient (Wildman–Crippen LogP) is 5.23. The molecule has 3 aliphatic carbocycles. The minimum absolute atomic E-state index is 0.611. The second-order valence-electron chi connectivity index (χ2n) is 6.51. The van der Waals surface area contributed by atoms with Crippen molar-refractivity contribution in [2.45, 2.75) is 38.1 Å². The molecule has 102 valence electrons. The maximum atomic E-state index is 6.29. The molecule has 1 nitrogen and oxygen atoms in total. The number of hydrogen-bond donors (Lipinski definition) is 1. The Morgan fingerprint density at radius 2 is 1.84 bits per heavy atom. The number of hydrogen-bond acceptors (Lipinski definition) is 1. The maximum absolute atomic E-state index is 6.29. The first-order chi connectivity index (χ1) is 9.24. The predicted molar refractivity (Wildman–Crippen MR) is 80.9 cm³/mol. The number of benzene rings is 1. The minimum Gasteiger partial charge on any atom is -0.381 e. The van der Waals surface area contributed by atoms with E-state index in [9.17, 15) is 0 Å². The van der Waals surface area contributed by atoms with Crippen LogP contribution in [0, 0.1) is 23.7 Å². The molecule has 0 amide bonds. The molecule has 5 unspecified atom stereocenters. The van der Waals surface area contributed by atoms with Crippen LogP contribution >= 0.6 is 23.2 Å². The van der Waals surface area contributed by atoms with Gasteiger partial charge in [-0.15, -0.1) is 0 Å². The topological polar surface area (TPSA) is 12.0 Å². The molecule has 5 atom stereocenters. The Bertz CT molecular complexity index is 502. The lowest BCUT2D eigenvalue weighted by atomic mass is 9.79. The summed E-state index contributed by atoms with van der Waals surface area (Å²) in [4.78, 5) is 0. The van der Waals surface area contributed by atoms with Gasteiger partial charge < -0.3 is 5.32 Å². The molecular weight excluding hydrogens is 277 g/mol. The summed E-state index contributed by atoms with van der Waals surface area (Å²) in [5.74, 6) is 3.85. The number of anilines is 1. The van der Waals surface area contributed by atoms with E-state index in [0.717, 1.165) is 29.4 Å². The smallest absolute Gasteiger partial charge is 0.0823 e. The first-order valence-electron chi connectivity index (χ1n) is 7.44. The molecule has 3 saturated carbocycles. The van der Waals surface area contributed by atoms with E-state index in [0.29, 0.717) is 16.1 Å². The third-order valence-electron chi connectivity index (χ3n) is 5.72. The van der Waals surface area contributed by atoms with Gasteiger partial charge in [0.1, 0.15) is 0 Å². The first-order valence-corrected chi connectivity index (χ1v) is 8.20. The van der Waals surface area contributed by atoms with E-state index < -0.39 is 0 Å². The summed E-state index contributed by atoms with van der Waals surface area (Å²) in [5.41, 5.74) is 1.02. The van der Waals surface area contributed by atoms with Crippen molar-refractivity contribution in [2.24, 2.45) is 23.7 Å². The lowest BCUT2D eigenvalue weighted by Gasteiger charge is -2.33. The Morgan fingerprint density at radius 3 is 2.74 bits per heavy atom. The molecule has 0 heterocycles. The minimum atomic E-state index is 0.611. The van der Waals surface area contributed by atoms with Gasteiger partial charge in [0, 0.05) is 6.04 Å². The van der Waals surface area contributed by atoms with E-state index in [4.69, 9.17) is 23.2 Å². The fourth-order valence-electron chi connectivity index (χ4n) is 5.05. The Labute approximate surface area is 124 Å². The summed E-state index contributed by atoms with van der Waals surface area (Å²) in [6.45, 7) is 0. The highest BCUT2D eigenvalue weighted by Gasteiger charge is 2.53. The Hall–Kier alpha value is -0.400. The third kappa shape index (κ3) is 1.89. The number of rotatable bonds is 2. The van der Waals surface area contributed by atoms with Crippen molar-refractivity contribution in [3.8, 4) is 0 Å². The van der Waals surface area contributed by atoms with Gasteiger partial charge in [0.2, 0.25) is 0 Å². The highest BCUT2D eigenvalue weighted by Crippen LogP contribution is 2.59. The molecular formula is C16H19Cl2N. The summed E-state index contributed by atoms with van der Waals surface area (Å²) in [6, 6.07) is 6.48. The van der Waals surface area contributed by atoms with Crippen LogP contribution in [0.15, 0.2) is 18.2 Å². The zero-order chi connectivity index (χ0) is 13.0. The van der Waals surface area contributed by atoms with Crippen molar-refractivity contribution in [1.29, 1.82) is 0 Å². The Balaban J connectivity index is 1.54. The van der Waals surface area contributed by atoms with Gasteiger partial charge in [-0.2, -0.15) is 0 Å². The SMILES string of the molecule is Clc1cccc(NC2CC3CC2C2CCCC32)c1Cl. The highest BCUT2D eigenvalue weighted by atomic mass is 35.5. The monoisotopic (exact) mass is 295 g/mol. The van der Waals surface area contributed by atoms with Crippen LogP contribution in [0.4, 0.5) is 5.69 Å². The van der Waals surface area contributed by atoms with Gasteiger partial charge in [-0.05, 0) is 61.5 Å². The second kappa shape index (κ2) is 4.56. The van der Waals surface area contributed by atoms with Crippen molar-refractivity contribution >= 4 is 28.9 Å². The number of nitrogens with one attached hydrogen (secondary N) is 1. The molecule has 3 fully saturated rings. The van der Waals surface area contributed by atoms with E-state index in [1.165, 1.54) is 32.1 Å². The van der Waals surface area contributed by atoms with E-state index in [-0.39, 0.29) is 0 Å². The number of fused-ring (bicyclic) bond motifs is 5. The van der Waals surface area contributed by atoms with E-state index in [2.05, 4.69) is 5.32 Å². The largest absolute Gasteiger partial charge is 0.381 e. The molecule has 19 heavy (non-hydrogen) atoms. The molecule has 1 aromatic carbocycles. The van der Waals surface area contributed by atoms with E-state index in [1.807, 2.05) is 18.2 Å². The van der Waals surface area contributed by atoms with Crippen molar-refractivity contribution in [3.63, 3.8) is 0 Å². The van der Waals surface area contributed by atoms with Crippen LogP contribution in [0.3, 0.4) is 0 Å². The summed E-state index contributed by atoms with van der Waals surface area (Å²) in [5, 5.41) is 5.00. The van der Waals surface area contributed by atoms with Crippen LogP contribution in [-0.2, 0) is 0 Å².